The van der Waals surface area contributed by atoms with Crippen molar-refractivity contribution in [2.24, 2.45) is 5.92 Å². The number of hydrogen-bond acceptors (Lipinski definition) is 6. The number of rotatable bonds is 6. The summed E-state index contributed by atoms with van der Waals surface area (Å²) >= 11 is 0. The molecular weight excluding hydrogens is 596 g/mol. The van der Waals surface area contributed by atoms with Crippen molar-refractivity contribution in [1.29, 1.82) is 0 Å². The van der Waals surface area contributed by atoms with Crippen LogP contribution in [0.1, 0.15) is 54.6 Å². The van der Waals surface area contributed by atoms with E-state index in [0.29, 0.717) is 19.3 Å². The molecule has 2 aromatic rings. The Morgan fingerprint density at radius 2 is 1.82 bits per heavy atom. The number of halogens is 4. The molecule has 2 N–H and O–H groups in total. The van der Waals surface area contributed by atoms with Gasteiger partial charge < -0.3 is 29.5 Å². The van der Waals surface area contributed by atoms with Gasteiger partial charge in [0.1, 0.15) is 24.1 Å². The van der Waals surface area contributed by atoms with Crippen LogP contribution in [-0.2, 0) is 20.4 Å². The van der Waals surface area contributed by atoms with Gasteiger partial charge in [0.05, 0.1) is 17.7 Å². The summed E-state index contributed by atoms with van der Waals surface area (Å²) in [5.41, 5.74) is -0.853. The minimum Gasteiger partial charge on any atom is -0.388 e. The van der Waals surface area contributed by atoms with Crippen molar-refractivity contribution in [3.05, 3.63) is 77.1 Å². The van der Waals surface area contributed by atoms with Gasteiger partial charge >= 0.3 is 6.18 Å². The monoisotopic (exact) mass is 638 g/mol. The Kier molecular flexibility index (Phi) is 13.5. The van der Waals surface area contributed by atoms with Crippen molar-refractivity contribution in [3.8, 4) is 0 Å². The second-order valence-electron chi connectivity index (χ2n) is 11.6. The van der Waals surface area contributed by atoms with E-state index in [2.05, 4.69) is 0 Å². The number of hydrogen-bond donors (Lipinski definition) is 2. The largest absolute Gasteiger partial charge is 0.416 e. The molecule has 8 nitrogen and oxygen atoms in total. The van der Waals surface area contributed by atoms with Gasteiger partial charge in [0.2, 0.25) is 5.91 Å². The van der Waals surface area contributed by atoms with Crippen LogP contribution in [0.25, 0.3) is 6.08 Å². The van der Waals surface area contributed by atoms with Crippen molar-refractivity contribution in [2.75, 3.05) is 40.0 Å². The van der Waals surface area contributed by atoms with Crippen LogP contribution in [0.4, 0.5) is 17.6 Å². The van der Waals surface area contributed by atoms with Crippen LogP contribution in [0.15, 0.2) is 54.6 Å². The molecule has 1 heterocycles. The molecule has 0 bridgehead atoms. The Bertz CT molecular complexity index is 1290. The number of methoxy groups -OCH3 is 1. The van der Waals surface area contributed by atoms with Crippen molar-refractivity contribution in [2.45, 2.75) is 63.6 Å². The van der Waals surface area contributed by atoms with E-state index in [4.69, 9.17) is 9.47 Å². The van der Waals surface area contributed by atoms with Crippen LogP contribution < -0.4 is 0 Å². The number of aliphatic hydroxyl groups is 2. The lowest BCUT2D eigenvalue weighted by Crippen LogP contribution is -2.53. The third-order valence-corrected chi connectivity index (χ3v) is 7.63. The van der Waals surface area contributed by atoms with Gasteiger partial charge in [-0.1, -0.05) is 38.1 Å². The van der Waals surface area contributed by atoms with E-state index in [9.17, 15) is 37.4 Å². The highest BCUT2D eigenvalue weighted by molar-refractivity contribution is 5.95. The molecule has 2 amide bonds. The van der Waals surface area contributed by atoms with E-state index < -0.39 is 53.7 Å². The van der Waals surface area contributed by atoms with Crippen LogP contribution in [0.2, 0.25) is 0 Å². The Hall–Kier alpha value is -3.32. The van der Waals surface area contributed by atoms with Crippen LogP contribution in [-0.4, -0.2) is 96.1 Å². The van der Waals surface area contributed by atoms with E-state index in [1.165, 1.54) is 54.5 Å². The lowest BCUT2D eigenvalue weighted by atomic mass is 9.99. The van der Waals surface area contributed by atoms with Crippen LogP contribution in [0.5, 0.6) is 0 Å². The second kappa shape index (κ2) is 16.8. The molecule has 4 atom stereocenters. The van der Waals surface area contributed by atoms with E-state index in [-0.39, 0.29) is 49.9 Å². The molecule has 1 fully saturated rings. The van der Waals surface area contributed by atoms with Crippen molar-refractivity contribution in [1.82, 2.24) is 9.80 Å². The van der Waals surface area contributed by atoms with Crippen molar-refractivity contribution >= 4 is 17.9 Å². The minimum absolute atomic E-state index is 0.0519. The number of carbonyl (C=O) groups excluding carboxylic acids is 2. The van der Waals surface area contributed by atoms with Crippen LogP contribution in [0, 0.1) is 11.7 Å². The molecule has 248 valence electrons. The topological polar surface area (TPSA) is 99.5 Å². The van der Waals surface area contributed by atoms with Crippen LogP contribution in [0.3, 0.4) is 0 Å². The van der Waals surface area contributed by atoms with Gasteiger partial charge in [0, 0.05) is 45.5 Å². The molecule has 0 unspecified atom stereocenters. The highest BCUT2D eigenvalue weighted by Crippen LogP contribution is 2.30. The summed E-state index contributed by atoms with van der Waals surface area (Å²) in [5.74, 6) is -1.86. The van der Waals surface area contributed by atoms with Gasteiger partial charge in [-0.05, 0) is 61.1 Å². The highest BCUT2D eigenvalue weighted by Gasteiger charge is 2.34. The zero-order valence-electron chi connectivity index (χ0n) is 25.8. The lowest BCUT2D eigenvalue weighted by molar-refractivity contribution is -0.137. The first-order chi connectivity index (χ1) is 21.3. The number of aliphatic hydroxyl groups excluding tert-OH is 2. The molecule has 2 aromatic carbocycles. The van der Waals surface area contributed by atoms with E-state index in [0.717, 1.165) is 18.2 Å². The third-order valence-electron chi connectivity index (χ3n) is 7.63. The molecule has 0 spiro atoms. The summed E-state index contributed by atoms with van der Waals surface area (Å²) in [6, 6.07) is 9.49. The maximum absolute atomic E-state index is 14.8. The maximum Gasteiger partial charge on any atom is 0.416 e. The Labute approximate surface area is 261 Å². The number of carbonyl (C=O) groups is 2. The first-order valence-corrected chi connectivity index (χ1v) is 15.0. The number of nitrogens with zero attached hydrogens (tertiary/aromatic N) is 2. The molecule has 0 aliphatic carbocycles. The van der Waals surface area contributed by atoms with Gasteiger partial charge in [-0.25, -0.2) is 4.39 Å². The standard InChI is InChI=1S/C33H42F4N2O6/c1-22(2)17-25-19-38(32(43)26-11-4-5-12-27(26)34)20-29(44-3)31(42)28(40)21-45-16-7-6-15-39(25)30(41)14-13-23-9-8-10-24(18-23)33(35,36)37/h4-5,8-14,18,22,25,28-29,31,40,42H,6-7,15-17,19-21H2,1-3H3/b14-13+/t25-,28-,29-,31-/m1/s1. The van der Waals surface area contributed by atoms with E-state index in [1.807, 2.05) is 13.8 Å². The highest BCUT2D eigenvalue weighted by atomic mass is 19.4. The van der Waals surface area contributed by atoms with Crippen LogP contribution >= 0.6 is 0 Å². The molecule has 0 aromatic heterocycles. The number of amides is 2. The quantitative estimate of drug-likeness (QED) is 0.349. The first kappa shape index (κ1) is 36.2. The second-order valence-corrected chi connectivity index (χ2v) is 11.6. The summed E-state index contributed by atoms with van der Waals surface area (Å²) in [6.07, 6.45) is -4.41. The molecule has 1 saturated heterocycles. The summed E-state index contributed by atoms with van der Waals surface area (Å²) < 4.78 is 65.6. The predicted octanol–water partition coefficient (Wildman–Crippen LogP) is 4.79. The molecule has 0 saturated carbocycles. The van der Waals surface area contributed by atoms with E-state index >= 15 is 0 Å². The Balaban J connectivity index is 2.02. The summed E-state index contributed by atoms with van der Waals surface area (Å²) in [5, 5.41) is 21.4. The molecular formula is C33H42F4N2O6. The van der Waals surface area contributed by atoms with Gasteiger partial charge in [-0.15, -0.1) is 0 Å². The molecule has 12 heteroatoms. The summed E-state index contributed by atoms with van der Waals surface area (Å²) in [4.78, 5) is 30.4. The fraction of sp³-hybridized carbons (Fsp3) is 0.515. The number of ether oxygens (including phenoxy) is 2. The summed E-state index contributed by atoms with van der Waals surface area (Å²) in [7, 11) is 1.32. The Morgan fingerprint density at radius 3 is 2.49 bits per heavy atom. The van der Waals surface area contributed by atoms with Crippen molar-refractivity contribution in [3.63, 3.8) is 0 Å². The van der Waals surface area contributed by atoms with Gasteiger partial charge in [-0.3, -0.25) is 9.59 Å². The summed E-state index contributed by atoms with van der Waals surface area (Å²) in [6.45, 7) is 3.89. The van der Waals surface area contributed by atoms with Gasteiger partial charge in [0.25, 0.3) is 5.91 Å². The van der Waals surface area contributed by atoms with Gasteiger partial charge in [0.15, 0.2) is 0 Å². The van der Waals surface area contributed by atoms with Crippen molar-refractivity contribution < 1.29 is 46.8 Å². The molecule has 1 aliphatic rings. The SMILES string of the molecule is CO[C@@H]1CN(C(=O)c2ccccc2F)C[C@@H](CC(C)C)N(C(=O)/C=C/c2cccc(C(F)(F)F)c2)CCCCOC[C@@H](O)[C@H]1O. The molecule has 0 radical (unpaired) electrons. The lowest BCUT2D eigenvalue weighted by Gasteiger charge is -2.38. The maximum atomic E-state index is 14.8. The molecule has 45 heavy (non-hydrogen) atoms. The zero-order chi connectivity index (χ0) is 33.1. The average molecular weight is 639 g/mol. The third kappa shape index (κ3) is 10.6. The fourth-order valence-corrected chi connectivity index (χ4v) is 5.27. The smallest absolute Gasteiger partial charge is 0.388 e. The normalized spacial score (nSPS) is 22.9. The first-order valence-electron chi connectivity index (χ1n) is 15.0. The molecule has 1 aliphatic heterocycles. The number of alkyl halides is 3. The minimum atomic E-state index is -4.54. The van der Waals surface area contributed by atoms with E-state index in [1.54, 1.807) is 4.90 Å². The Morgan fingerprint density at radius 1 is 1.09 bits per heavy atom. The average Bonchev–Trinajstić information content (AvgIpc) is 2.99. The fourth-order valence-electron chi connectivity index (χ4n) is 5.27. The molecule has 3 rings (SSSR count). The zero-order valence-corrected chi connectivity index (χ0v) is 25.8. The van der Waals surface area contributed by atoms with Gasteiger partial charge in [-0.2, -0.15) is 13.2 Å². The number of benzene rings is 2. The predicted molar refractivity (Wildman–Crippen MR) is 161 cm³/mol.